The van der Waals surface area contributed by atoms with Crippen LogP contribution < -0.4 is 10.1 Å². The molecule has 124 valence electrons. The second-order valence-corrected chi connectivity index (χ2v) is 6.14. The largest absolute Gasteiger partial charge is 0.497 e. The minimum absolute atomic E-state index is 0.337. The number of benzene rings is 2. The van der Waals surface area contributed by atoms with Crippen LogP contribution in [0.2, 0.25) is 5.02 Å². The van der Waals surface area contributed by atoms with E-state index in [0.29, 0.717) is 33.1 Å². The van der Waals surface area contributed by atoms with E-state index in [1.807, 2.05) is 0 Å². The van der Waals surface area contributed by atoms with Crippen LogP contribution in [0.5, 0.6) is 5.75 Å². The number of ketones is 1. The van der Waals surface area contributed by atoms with Crippen molar-refractivity contribution in [2.24, 2.45) is 0 Å². The average molecular weight is 346 g/mol. The Balaban J connectivity index is 1.93. The van der Waals surface area contributed by atoms with Gasteiger partial charge < -0.3 is 15.2 Å². The molecule has 6 heteroatoms. The van der Waals surface area contributed by atoms with Gasteiger partial charge >= 0.3 is 0 Å². The summed E-state index contributed by atoms with van der Waals surface area (Å²) in [5, 5.41) is 14.0. The first-order valence-corrected chi connectivity index (χ1v) is 7.75. The predicted octanol–water partition coefficient (Wildman–Crippen LogP) is 3.07. The van der Waals surface area contributed by atoms with Gasteiger partial charge in [0.15, 0.2) is 11.4 Å². The van der Waals surface area contributed by atoms with E-state index in [0.717, 1.165) is 0 Å². The molecule has 0 spiro atoms. The van der Waals surface area contributed by atoms with Gasteiger partial charge in [0.1, 0.15) is 5.75 Å². The zero-order valence-electron chi connectivity index (χ0n) is 13.2. The van der Waals surface area contributed by atoms with E-state index in [-0.39, 0.29) is 12.2 Å². The van der Waals surface area contributed by atoms with Crippen LogP contribution in [-0.2, 0) is 10.4 Å². The Kier molecular flexibility index (Phi) is 4.07. The molecule has 1 aliphatic heterocycles. The number of anilines is 1. The molecule has 1 amide bonds. The standard InChI is InChI=1S/C18H16ClNO4/c1-10-14(19)8-7-13-16(10)20-17(22)18(13,23)9-15(21)11-3-5-12(24-2)6-4-11/h3-8,23H,9H2,1-2H3,(H,20,22). The van der Waals surface area contributed by atoms with Gasteiger partial charge in [0, 0.05) is 16.1 Å². The Labute approximate surface area is 144 Å². The van der Waals surface area contributed by atoms with Crippen molar-refractivity contribution in [3.8, 4) is 5.75 Å². The Morgan fingerprint density at radius 3 is 2.54 bits per heavy atom. The van der Waals surface area contributed by atoms with E-state index in [1.54, 1.807) is 43.3 Å². The van der Waals surface area contributed by atoms with Crippen LogP contribution in [0.4, 0.5) is 5.69 Å². The molecule has 2 aromatic carbocycles. The summed E-state index contributed by atoms with van der Waals surface area (Å²) in [5.74, 6) is -0.333. The smallest absolute Gasteiger partial charge is 0.261 e. The number of ether oxygens (including phenoxy) is 1. The number of carbonyl (C=O) groups is 2. The molecule has 0 fully saturated rings. The van der Waals surface area contributed by atoms with Crippen molar-refractivity contribution >= 4 is 29.0 Å². The number of fused-ring (bicyclic) bond motifs is 1. The Morgan fingerprint density at radius 2 is 1.92 bits per heavy atom. The van der Waals surface area contributed by atoms with Crippen LogP contribution in [0.3, 0.4) is 0 Å². The monoisotopic (exact) mass is 345 g/mol. The SMILES string of the molecule is COc1ccc(C(=O)CC2(O)C(=O)Nc3c2ccc(Cl)c3C)cc1. The third-order valence-electron chi connectivity index (χ3n) is 4.29. The molecule has 0 aliphatic carbocycles. The van der Waals surface area contributed by atoms with Crippen LogP contribution in [0.25, 0.3) is 0 Å². The lowest BCUT2D eigenvalue weighted by Crippen LogP contribution is -2.36. The summed E-state index contributed by atoms with van der Waals surface area (Å²) < 4.78 is 5.05. The fourth-order valence-corrected chi connectivity index (χ4v) is 2.98. The van der Waals surface area contributed by atoms with Crippen LogP contribution in [0.1, 0.15) is 27.9 Å². The second-order valence-electron chi connectivity index (χ2n) is 5.74. The lowest BCUT2D eigenvalue weighted by molar-refractivity contribution is -0.133. The van der Waals surface area contributed by atoms with E-state index in [2.05, 4.69) is 5.32 Å². The maximum atomic E-state index is 12.5. The van der Waals surface area contributed by atoms with Crippen molar-refractivity contribution in [1.29, 1.82) is 0 Å². The summed E-state index contributed by atoms with van der Waals surface area (Å²) in [7, 11) is 1.53. The summed E-state index contributed by atoms with van der Waals surface area (Å²) in [6.45, 7) is 1.75. The van der Waals surface area contributed by atoms with Gasteiger partial charge in [0.25, 0.3) is 5.91 Å². The fraction of sp³-hybridized carbons (Fsp3) is 0.222. The van der Waals surface area contributed by atoms with Crippen LogP contribution in [0, 0.1) is 6.92 Å². The quantitative estimate of drug-likeness (QED) is 0.835. The molecule has 0 saturated carbocycles. The molecule has 1 aliphatic rings. The summed E-state index contributed by atoms with van der Waals surface area (Å²) in [6.07, 6.45) is -0.348. The minimum atomic E-state index is -1.90. The molecular formula is C18H16ClNO4. The zero-order valence-corrected chi connectivity index (χ0v) is 14.0. The van der Waals surface area contributed by atoms with Gasteiger partial charge in [0.2, 0.25) is 0 Å². The molecular weight excluding hydrogens is 330 g/mol. The summed E-state index contributed by atoms with van der Waals surface area (Å²) in [5.41, 5.74) is 0.00195. The Bertz CT molecular complexity index is 832. The normalized spacial score (nSPS) is 18.9. The fourth-order valence-electron chi connectivity index (χ4n) is 2.82. The molecule has 0 bridgehead atoms. The molecule has 2 aromatic rings. The molecule has 0 aromatic heterocycles. The first-order valence-electron chi connectivity index (χ1n) is 7.37. The van der Waals surface area contributed by atoms with E-state index in [9.17, 15) is 14.7 Å². The lowest BCUT2D eigenvalue weighted by atomic mass is 9.87. The van der Waals surface area contributed by atoms with Gasteiger partial charge in [-0.05, 0) is 42.8 Å². The van der Waals surface area contributed by atoms with Crippen LogP contribution >= 0.6 is 11.6 Å². The number of hydrogen-bond donors (Lipinski definition) is 2. The van der Waals surface area contributed by atoms with Gasteiger partial charge in [-0.15, -0.1) is 0 Å². The first-order chi connectivity index (χ1) is 11.4. The third kappa shape index (κ3) is 2.56. The topological polar surface area (TPSA) is 75.6 Å². The summed E-state index contributed by atoms with van der Waals surface area (Å²) in [6, 6.07) is 9.70. The van der Waals surface area contributed by atoms with Crippen molar-refractivity contribution < 1.29 is 19.4 Å². The van der Waals surface area contributed by atoms with Crippen molar-refractivity contribution in [2.45, 2.75) is 18.9 Å². The van der Waals surface area contributed by atoms with Crippen molar-refractivity contribution in [2.75, 3.05) is 12.4 Å². The number of hydrogen-bond acceptors (Lipinski definition) is 4. The average Bonchev–Trinajstić information content (AvgIpc) is 2.83. The van der Waals surface area contributed by atoms with E-state index in [1.165, 1.54) is 7.11 Å². The van der Waals surface area contributed by atoms with Gasteiger partial charge in [-0.1, -0.05) is 17.7 Å². The maximum Gasteiger partial charge on any atom is 0.261 e. The van der Waals surface area contributed by atoms with Gasteiger partial charge in [-0.3, -0.25) is 9.59 Å². The highest BCUT2D eigenvalue weighted by atomic mass is 35.5. The summed E-state index contributed by atoms with van der Waals surface area (Å²) >= 11 is 6.05. The maximum absolute atomic E-state index is 12.5. The molecule has 24 heavy (non-hydrogen) atoms. The Morgan fingerprint density at radius 1 is 1.25 bits per heavy atom. The lowest BCUT2D eigenvalue weighted by Gasteiger charge is -2.20. The van der Waals surface area contributed by atoms with Gasteiger partial charge in [-0.2, -0.15) is 0 Å². The number of Topliss-reactive ketones (excluding diaryl/α,β-unsaturated/α-hetero) is 1. The van der Waals surface area contributed by atoms with Gasteiger partial charge in [0.05, 0.1) is 19.2 Å². The van der Waals surface area contributed by atoms with E-state index >= 15 is 0 Å². The molecule has 1 heterocycles. The molecule has 1 atom stereocenters. The highest BCUT2D eigenvalue weighted by Crippen LogP contribution is 2.42. The molecule has 0 saturated heterocycles. The number of aliphatic hydroxyl groups is 1. The Hall–Kier alpha value is -2.37. The summed E-state index contributed by atoms with van der Waals surface area (Å²) in [4.78, 5) is 24.8. The zero-order chi connectivity index (χ0) is 17.5. The van der Waals surface area contributed by atoms with Gasteiger partial charge in [-0.25, -0.2) is 0 Å². The number of carbonyl (C=O) groups excluding carboxylic acids is 2. The van der Waals surface area contributed by atoms with Crippen molar-refractivity contribution in [3.05, 3.63) is 58.1 Å². The number of nitrogens with one attached hydrogen (secondary N) is 1. The highest BCUT2D eigenvalue weighted by molar-refractivity contribution is 6.32. The number of rotatable bonds is 4. The minimum Gasteiger partial charge on any atom is -0.497 e. The molecule has 0 radical (unpaired) electrons. The van der Waals surface area contributed by atoms with Crippen LogP contribution in [-0.4, -0.2) is 23.9 Å². The van der Waals surface area contributed by atoms with Crippen LogP contribution in [0.15, 0.2) is 36.4 Å². The van der Waals surface area contributed by atoms with E-state index in [4.69, 9.17) is 16.3 Å². The van der Waals surface area contributed by atoms with E-state index < -0.39 is 11.5 Å². The molecule has 2 N–H and O–H groups in total. The second kappa shape index (κ2) is 5.92. The van der Waals surface area contributed by atoms with Crippen molar-refractivity contribution in [3.63, 3.8) is 0 Å². The number of amides is 1. The molecule has 5 nitrogen and oxygen atoms in total. The van der Waals surface area contributed by atoms with Crippen molar-refractivity contribution in [1.82, 2.24) is 0 Å². The third-order valence-corrected chi connectivity index (χ3v) is 4.70. The highest BCUT2D eigenvalue weighted by Gasteiger charge is 2.47. The number of halogens is 1. The first kappa shape index (κ1) is 16.5. The molecule has 3 rings (SSSR count). The molecule has 1 unspecified atom stereocenters. The predicted molar refractivity (Wildman–Crippen MR) is 90.7 cm³/mol. The number of methoxy groups -OCH3 is 1.